The number of nitro benzene ring substituents is 1. The summed E-state index contributed by atoms with van der Waals surface area (Å²) in [6, 6.07) is 9.81. The average Bonchev–Trinajstić information content (AvgIpc) is 2.85. The van der Waals surface area contributed by atoms with E-state index in [2.05, 4.69) is 5.10 Å². The second kappa shape index (κ2) is 5.34. The fourth-order valence-electron chi connectivity index (χ4n) is 1.50. The topological polar surface area (TPSA) is 71.9 Å². The molecule has 0 aliphatic heterocycles. The molecule has 0 unspecified atom stereocenters. The van der Waals surface area contributed by atoms with Gasteiger partial charge in [0.05, 0.1) is 11.1 Å². The fraction of sp³-hybridized carbons (Fsp3) is 0.154. The Bertz CT molecular complexity index is 600. The van der Waals surface area contributed by atoms with Crippen LogP contribution in [0.25, 0.3) is 11.3 Å². The molecule has 0 fully saturated rings. The smallest absolute Gasteiger partial charge is 0.269 e. The highest BCUT2D eigenvalue weighted by atomic mass is 16.6. The number of non-ortho nitro benzene ring substituents is 1. The Morgan fingerprint density at radius 3 is 2.47 bits per heavy atom. The lowest BCUT2D eigenvalue weighted by Crippen LogP contribution is -2.01. The van der Waals surface area contributed by atoms with Gasteiger partial charge in [-0.05, 0) is 24.3 Å². The molecule has 2 aromatic rings. The third kappa shape index (κ3) is 3.19. The van der Waals surface area contributed by atoms with E-state index in [1.165, 1.54) is 12.1 Å². The van der Waals surface area contributed by atoms with Gasteiger partial charge in [0.25, 0.3) is 5.69 Å². The molecule has 1 heterocycles. The van der Waals surface area contributed by atoms with E-state index < -0.39 is 4.92 Å². The van der Waals surface area contributed by atoms with E-state index in [1.807, 2.05) is 14.1 Å². The van der Waals surface area contributed by atoms with Gasteiger partial charge in [0.15, 0.2) is 0 Å². The molecule has 19 heavy (non-hydrogen) atoms. The van der Waals surface area contributed by atoms with Crippen molar-refractivity contribution >= 4 is 11.9 Å². The van der Waals surface area contributed by atoms with Crippen LogP contribution in [0.15, 0.2) is 45.9 Å². The molecule has 0 spiro atoms. The van der Waals surface area contributed by atoms with Crippen molar-refractivity contribution in [2.24, 2.45) is 5.10 Å². The molecule has 0 saturated heterocycles. The zero-order chi connectivity index (χ0) is 13.8. The van der Waals surface area contributed by atoms with Crippen LogP contribution in [0.2, 0.25) is 0 Å². The van der Waals surface area contributed by atoms with Gasteiger partial charge in [-0.15, -0.1) is 0 Å². The summed E-state index contributed by atoms with van der Waals surface area (Å²) < 4.78 is 5.57. The quantitative estimate of drug-likeness (QED) is 0.481. The third-order valence-electron chi connectivity index (χ3n) is 2.41. The number of rotatable bonds is 4. The van der Waals surface area contributed by atoms with Gasteiger partial charge in [0.2, 0.25) is 0 Å². The molecule has 0 aliphatic carbocycles. The first-order valence-electron chi connectivity index (χ1n) is 5.62. The molecule has 1 aromatic heterocycles. The zero-order valence-electron chi connectivity index (χ0n) is 10.6. The maximum atomic E-state index is 10.6. The second-order valence-corrected chi connectivity index (χ2v) is 4.10. The fourth-order valence-corrected chi connectivity index (χ4v) is 1.50. The number of furan rings is 1. The van der Waals surface area contributed by atoms with E-state index in [0.29, 0.717) is 11.5 Å². The average molecular weight is 259 g/mol. The van der Waals surface area contributed by atoms with Crippen LogP contribution in [0.4, 0.5) is 5.69 Å². The van der Waals surface area contributed by atoms with Gasteiger partial charge in [-0.1, -0.05) is 0 Å². The van der Waals surface area contributed by atoms with Crippen LogP contribution in [-0.2, 0) is 0 Å². The Balaban J connectivity index is 2.20. The van der Waals surface area contributed by atoms with Crippen LogP contribution in [-0.4, -0.2) is 30.2 Å². The van der Waals surface area contributed by atoms with E-state index in [-0.39, 0.29) is 5.69 Å². The number of benzene rings is 1. The Morgan fingerprint density at radius 2 is 1.89 bits per heavy atom. The van der Waals surface area contributed by atoms with Crippen LogP contribution in [0.3, 0.4) is 0 Å². The molecule has 0 amide bonds. The molecular weight excluding hydrogens is 246 g/mol. The molecule has 0 atom stereocenters. The molecule has 6 heteroatoms. The maximum Gasteiger partial charge on any atom is 0.269 e. The van der Waals surface area contributed by atoms with Gasteiger partial charge in [0, 0.05) is 31.8 Å². The lowest BCUT2D eigenvalue weighted by molar-refractivity contribution is -0.384. The normalized spacial score (nSPS) is 10.8. The predicted molar refractivity (Wildman–Crippen MR) is 72.1 cm³/mol. The summed E-state index contributed by atoms with van der Waals surface area (Å²) in [6.45, 7) is 0. The Labute approximate surface area is 110 Å². The Morgan fingerprint density at radius 1 is 1.21 bits per heavy atom. The summed E-state index contributed by atoms with van der Waals surface area (Å²) in [4.78, 5) is 10.1. The zero-order valence-corrected chi connectivity index (χ0v) is 10.6. The molecule has 2 rings (SSSR count). The minimum absolute atomic E-state index is 0.0599. The largest absolute Gasteiger partial charge is 0.455 e. The van der Waals surface area contributed by atoms with Crippen molar-refractivity contribution in [2.45, 2.75) is 0 Å². The molecule has 1 aromatic carbocycles. The van der Waals surface area contributed by atoms with Crippen molar-refractivity contribution in [1.29, 1.82) is 0 Å². The van der Waals surface area contributed by atoms with Crippen molar-refractivity contribution in [3.8, 4) is 11.3 Å². The monoisotopic (exact) mass is 259 g/mol. The molecule has 98 valence electrons. The van der Waals surface area contributed by atoms with Gasteiger partial charge < -0.3 is 9.43 Å². The highest BCUT2D eigenvalue weighted by Crippen LogP contribution is 2.23. The second-order valence-electron chi connectivity index (χ2n) is 4.10. The molecule has 0 N–H and O–H groups in total. The van der Waals surface area contributed by atoms with E-state index in [0.717, 1.165) is 5.56 Å². The first-order valence-corrected chi connectivity index (χ1v) is 5.62. The number of nitrogens with zero attached hydrogens (tertiary/aromatic N) is 3. The lowest BCUT2D eigenvalue weighted by Gasteiger charge is -2.00. The SMILES string of the molecule is CN(C)/N=C/c1ccc(-c2ccc([N+](=O)[O-])cc2)o1. The van der Waals surface area contributed by atoms with Crippen LogP contribution >= 0.6 is 0 Å². The highest BCUT2D eigenvalue weighted by molar-refractivity contribution is 5.77. The number of hydrogen-bond donors (Lipinski definition) is 0. The van der Waals surface area contributed by atoms with Gasteiger partial charge in [0.1, 0.15) is 11.5 Å². The standard InChI is InChI=1S/C13H13N3O3/c1-15(2)14-9-12-7-8-13(19-12)10-3-5-11(6-4-10)16(17)18/h3-9H,1-2H3/b14-9+. The first-order chi connectivity index (χ1) is 9.06. The summed E-state index contributed by atoms with van der Waals surface area (Å²) >= 11 is 0. The Hall–Kier alpha value is -2.63. The number of hydrogen-bond acceptors (Lipinski definition) is 5. The third-order valence-corrected chi connectivity index (χ3v) is 2.41. The van der Waals surface area contributed by atoms with Crippen molar-refractivity contribution in [3.63, 3.8) is 0 Å². The van der Waals surface area contributed by atoms with Crippen molar-refractivity contribution < 1.29 is 9.34 Å². The molecule has 0 aliphatic rings. The van der Waals surface area contributed by atoms with Gasteiger partial charge >= 0.3 is 0 Å². The summed E-state index contributed by atoms with van der Waals surface area (Å²) in [6.07, 6.45) is 1.61. The first kappa shape index (κ1) is 12.8. The Kier molecular flexibility index (Phi) is 3.61. The van der Waals surface area contributed by atoms with E-state index in [1.54, 1.807) is 35.5 Å². The summed E-state index contributed by atoms with van der Waals surface area (Å²) in [7, 11) is 3.63. The number of hydrazone groups is 1. The lowest BCUT2D eigenvalue weighted by atomic mass is 10.1. The van der Waals surface area contributed by atoms with Gasteiger partial charge in [-0.2, -0.15) is 5.10 Å². The summed E-state index contributed by atoms with van der Waals surface area (Å²) in [5, 5.41) is 16.3. The summed E-state index contributed by atoms with van der Waals surface area (Å²) in [5.41, 5.74) is 0.847. The maximum absolute atomic E-state index is 10.6. The van der Waals surface area contributed by atoms with Crippen LogP contribution in [0.1, 0.15) is 5.76 Å². The van der Waals surface area contributed by atoms with Crippen molar-refractivity contribution in [1.82, 2.24) is 5.01 Å². The minimum atomic E-state index is -0.429. The van der Waals surface area contributed by atoms with Crippen molar-refractivity contribution in [2.75, 3.05) is 14.1 Å². The van der Waals surface area contributed by atoms with E-state index >= 15 is 0 Å². The van der Waals surface area contributed by atoms with Crippen LogP contribution in [0, 0.1) is 10.1 Å². The molecule has 0 saturated carbocycles. The van der Waals surface area contributed by atoms with Gasteiger partial charge in [-0.25, -0.2) is 0 Å². The van der Waals surface area contributed by atoms with Crippen LogP contribution < -0.4 is 0 Å². The number of nitro groups is 1. The minimum Gasteiger partial charge on any atom is -0.455 e. The molecule has 6 nitrogen and oxygen atoms in total. The van der Waals surface area contributed by atoms with E-state index in [4.69, 9.17) is 4.42 Å². The van der Waals surface area contributed by atoms with E-state index in [9.17, 15) is 10.1 Å². The molecular formula is C13H13N3O3. The predicted octanol–water partition coefficient (Wildman–Crippen LogP) is 2.75. The molecule has 0 radical (unpaired) electrons. The van der Waals surface area contributed by atoms with Crippen LogP contribution in [0.5, 0.6) is 0 Å². The highest BCUT2D eigenvalue weighted by Gasteiger charge is 2.07. The summed E-state index contributed by atoms with van der Waals surface area (Å²) in [5.74, 6) is 1.28. The molecule has 0 bridgehead atoms. The van der Waals surface area contributed by atoms with Gasteiger partial charge in [-0.3, -0.25) is 10.1 Å². The van der Waals surface area contributed by atoms with Crippen molar-refractivity contribution in [3.05, 3.63) is 52.3 Å².